The molecule has 2 rings (SSSR count). The second kappa shape index (κ2) is 8.83. The third-order valence-electron chi connectivity index (χ3n) is 3.61. The highest BCUT2D eigenvalue weighted by Gasteiger charge is 2.34. The molecule has 1 aromatic heterocycles. The van der Waals surface area contributed by atoms with Crippen molar-refractivity contribution in [3.8, 4) is 17.7 Å². The molecule has 0 aliphatic heterocycles. The number of hydrogen-bond donors (Lipinski definition) is 0. The maximum absolute atomic E-state index is 5.91. The predicted molar refractivity (Wildman–Crippen MR) is 102 cm³/mol. The Kier molecular flexibility index (Phi) is 7.02. The van der Waals surface area contributed by atoms with Gasteiger partial charge in [0.1, 0.15) is 11.8 Å². The second-order valence-corrected chi connectivity index (χ2v) is 8.97. The molecule has 5 nitrogen and oxygen atoms in total. The van der Waals surface area contributed by atoms with E-state index in [4.69, 9.17) is 14.2 Å². The molecule has 0 spiro atoms. The van der Waals surface area contributed by atoms with E-state index in [1.165, 1.54) is 0 Å². The van der Waals surface area contributed by atoms with E-state index in [1.54, 1.807) is 12.4 Å². The Balaban J connectivity index is 1.67. The maximum atomic E-state index is 5.91. The molecule has 0 atom stereocenters. The zero-order valence-corrected chi connectivity index (χ0v) is 17.0. The molecule has 0 N–H and O–H groups in total. The van der Waals surface area contributed by atoms with E-state index < -0.39 is 0 Å². The summed E-state index contributed by atoms with van der Waals surface area (Å²) >= 11 is 0. The fraction of sp³-hybridized carbons (Fsp3) is 0.714. The van der Waals surface area contributed by atoms with Crippen LogP contribution in [0.5, 0.6) is 5.88 Å². The third-order valence-corrected chi connectivity index (χ3v) is 3.61. The average molecular weight is 360 g/mol. The lowest BCUT2D eigenvalue weighted by Gasteiger charge is -2.38. The van der Waals surface area contributed by atoms with Crippen LogP contribution in [0.2, 0.25) is 0 Å². The third kappa shape index (κ3) is 8.16. The summed E-state index contributed by atoms with van der Waals surface area (Å²) in [5, 5.41) is 0. The molecule has 144 valence electrons. The Labute approximate surface area is 157 Å². The quantitative estimate of drug-likeness (QED) is 0.567. The molecule has 1 heterocycles. The minimum absolute atomic E-state index is 0.104. The summed E-state index contributed by atoms with van der Waals surface area (Å²) in [5.41, 5.74) is 0.734. The van der Waals surface area contributed by atoms with Gasteiger partial charge in [-0.05, 0) is 32.1 Å². The summed E-state index contributed by atoms with van der Waals surface area (Å²) in [6.45, 7) is 14.1. The van der Waals surface area contributed by atoms with Crippen molar-refractivity contribution in [1.29, 1.82) is 0 Å². The fourth-order valence-corrected chi connectivity index (χ4v) is 2.48. The Bertz CT molecular complexity index is 612. The smallest absolute Gasteiger partial charge is 0.232 e. The molecule has 1 aliphatic rings. The summed E-state index contributed by atoms with van der Waals surface area (Å²) in [4.78, 5) is 8.58. The summed E-state index contributed by atoms with van der Waals surface area (Å²) in [7, 11) is 0. The summed E-state index contributed by atoms with van der Waals surface area (Å²) in [5.74, 6) is 6.61. The van der Waals surface area contributed by atoms with Gasteiger partial charge in [-0.1, -0.05) is 26.7 Å². The SMILES string of the molecule is CC(C)(C)COCCC#Cc1cnc(OC2CC(OC(C)(C)C)C2)cn1. The maximum Gasteiger partial charge on any atom is 0.232 e. The first-order valence-corrected chi connectivity index (χ1v) is 9.34. The van der Waals surface area contributed by atoms with Gasteiger partial charge in [0.2, 0.25) is 5.88 Å². The molecule has 0 amide bonds. The van der Waals surface area contributed by atoms with Crippen molar-refractivity contribution in [1.82, 2.24) is 9.97 Å². The molecule has 26 heavy (non-hydrogen) atoms. The molecule has 1 aliphatic carbocycles. The van der Waals surface area contributed by atoms with Gasteiger partial charge in [0.05, 0.1) is 37.3 Å². The number of ether oxygens (including phenoxy) is 3. The first kappa shape index (κ1) is 20.7. The van der Waals surface area contributed by atoms with Crippen molar-refractivity contribution < 1.29 is 14.2 Å². The molecular weight excluding hydrogens is 328 g/mol. The Morgan fingerprint density at radius 1 is 1.04 bits per heavy atom. The molecule has 1 aromatic rings. The monoisotopic (exact) mass is 360 g/mol. The summed E-state index contributed by atoms with van der Waals surface area (Å²) in [6.07, 6.45) is 6.21. The van der Waals surface area contributed by atoms with Crippen LogP contribution in [0, 0.1) is 17.3 Å². The molecule has 0 aromatic carbocycles. The molecule has 0 bridgehead atoms. The highest BCUT2D eigenvalue weighted by atomic mass is 16.5. The van der Waals surface area contributed by atoms with Gasteiger partial charge < -0.3 is 14.2 Å². The van der Waals surface area contributed by atoms with Crippen molar-refractivity contribution in [2.45, 2.75) is 78.6 Å². The van der Waals surface area contributed by atoms with Crippen molar-refractivity contribution >= 4 is 0 Å². The van der Waals surface area contributed by atoms with Crippen molar-refractivity contribution in [3.05, 3.63) is 18.1 Å². The number of rotatable bonds is 6. The van der Waals surface area contributed by atoms with E-state index in [0.29, 0.717) is 24.6 Å². The zero-order chi connectivity index (χ0) is 19.2. The van der Waals surface area contributed by atoms with E-state index in [9.17, 15) is 0 Å². The van der Waals surface area contributed by atoms with Gasteiger partial charge in [-0.15, -0.1) is 0 Å². The Morgan fingerprint density at radius 2 is 1.77 bits per heavy atom. The number of aromatic nitrogens is 2. The van der Waals surface area contributed by atoms with Crippen LogP contribution in [0.4, 0.5) is 0 Å². The minimum Gasteiger partial charge on any atom is -0.473 e. The van der Waals surface area contributed by atoms with E-state index in [2.05, 4.69) is 63.4 Å². The minimum atomic E-state index is -0.104. The van der Waals surface area contributed by atoms with Crippen LogP contribution >= 0.6 is 0 Å². The Hall–Kier alpha value is -1.64. The largest absolute Gasteiger partial charge is 0.473 e. The van der Waals surface area contributed by atoms with Crippen LogP contribution in [0.1, 0.15) is 66.5 Å². The molecule has 0 unspecified atom stereocenters. The van der Waals surface area contributed by atoms with Crippen LogP contribution < -0.4 is 4.74 Å². The standard InChI is InChI=1S/C21H32N2O3/c1-20(2,3)15-24-10-8-7-9-16-13-23-19(14-22-16)25-17-11-18(12-17)26-21(4,5)6/h13-14,17-18H,8,10-12,15H2,1-6H3. The second-order valence-electron chi connectivity index (χ2n) is 8.97. The highest BCUT2D eigenvalue weighted by molar-refractivity contribution is 5.26. The van der Waals surface area contributed by atoms with Gasteiger partial charge in [-0.2, -0.15) is 0 Å². The zero-order valence-electron chi connectivity index (χ0n) is 17.0. The number of hydrogen-bond acceptors (Lipinski definition) is 5. The van der Waals surface area contributed by atoms with Crippen LogP contribution in [-0.4, -0.2) is 41.0 Å². The summed E-state index contributed by atoms with van der Waals surface area (Å²) < 4.78 is 17.3. The molecule has 1 saturated carbocycles. The molecule has 1 fully saturated rings. The van der Waals surface area contributed by atoms with E-state index in [0.717, 1.165) is 19.4 Å². The lowest BCUT2D eigenvalue weighted by molar-refractivity contribution is -0.127. The highest BCUT2D eigenvalue weighted by Crippen LogP contribution is 2.30. The predicted octanol–water partition coefficient (Wildman–Crippen LogP) is 4.01. The van der Waals surface area contributed by atoms with Crippen LogP contribution in [0.25, 0.3) is 0 Å². The van der Waals surface area contributed by atoms with Crippen molar-refractivity contribution in [2.75, 3.05) is 13.2 Å². The van der Waals surface area contributed by atoms with Gasteiger partial charge in [0.15, 0.2) is 0 Å². The van der Waals surface area contributed by atoms with E-state index in [-0.39, 0.29) is 23.2 Å². The Morgan fingerprint density at radius 3 is 2.35 bits per heavy atom. The first-order valence-electron chi connectivity index (χ1n) is 9.34. The average Bonchev–Trinajstić information content (AvgIpc) is 2.48. The first-order chi connectivity index (χ1) is 12.1. The molecule has 0 saturated heterocycles. The van der Waals surface area contributed by atoms with Crippen molar-refractivity contribution in [2.24, 2.45) is 5.41 Å². The molecule has 0 radical (unpaired) electrons. The normalized spacial score (nSPS) is 20.1. The molecule has 5 heteroatoms. The van der Waals surface area contributed by atoms with Gasteiger partial charge in [-0.3, -0.25) is 0 Å². The van der Waals surface area contributed by atoms with Crippen molar-refractivity contribution in [3.63, 3.8) is 0 Å². The molecular formula is C21H32N2O3. The van der Waals surface area contributed by atoms with Gasteiger partial charge in [-0.25, -0.2) is 9.97 Å². The summed E-state index contributed by atoms with van der Waals surface area (Å²) in [6, 6.07) is 0. The lowest BCUT2D eigenvalue weighted by atomic mass is 9.91. The lowest BCUT2D eigenvalue weighted by Crippen LogP contribution is -2.43. The van der Waals surface area contributed by atoms with Crippen LogP contribution in [0.3, 0.4) is 0 Å². The fourth-order valence-electron chi connectivity index (χ4n) is 2.48. The van der Waals surface area contributed by atoms with E-state index >= 15 is 0 Å². The van der Waals surface area contributed by atoms with Crippen LogP contribution in [-0.2, 0) is 9.47 Å². The topological polar surface area (TPSA) is 53.5 Å². The van der Waals surface area contributed by atoms with Gasteiger partial charge in [0, 0.05) is 19.3 Å². The van der Waals surface area contributed by atoms with Gasteiger partial charge in [0.25, 0.3) is 0 Å². The van der Waals surface area contributed by atoms with Gasteiger partial charge >= 0.3 is 0 Å². The number of nitrogens with zero attached hydrogens (tertiary/aromatic N) is 2. The van der Waals surface area contributed by atoms with Crippen LogP contribution in [0.15, 0.2) is 12.4 Å². The van der Waals surface area contributed by atoms with E-state index in [1.807, 2.05) is 0 Å².